The highest BCUT2D eigenvalue weighted by Crippen LogP contribution is 2.20. The lowest BCUT2D eigenvalue weighted by Crippen LogP contribution is -2.25. The minimum absolute atomic E-state index is 0.112. The summed E-state index contributed by atoms with van der Waals surface area (Å²) in [7, 11) is 0. The second-order valence-corrected chi connectivity index (χ2v) is 5.80. The Kier molecular flexibility index (Phi) is 7.42. The zero-order chi connectivity index (χ0) is 14.3. The molecule has 0 aromatic heterocycles. The monoisotopic (exact) mass is 347 g/mol. The Hall–Kier alpha value is -0.580. The lowest BCUT2D eigenvalue weighted by molar-refractivity contribution is 0.0754. The average molecular weight is 349 g/mol. The molecule has 0 heterocycles. The van der Waals surface area contributed by atoms with Crippen LogP contribution in [0.5, 0.6) is 0 Å². The van der Waals surface area contributed by atoms with Crippen molar-refractivity contribution >= 4 is 33.4 Å². The van der Waals surface area contributed by atoms with Gasteiger partial charge in [-0.1, -0.05) is 11.6 Å². The molecule has 5 heteroatoms. The number of halogens is 2. The van der Waals surface area contributed by atoms with Gasteiger partial charge in [0, 0.05) is 22.6 Å². The number of benzene rings is 1. The quantitative estimate of drug-likeness (QED) is 0.755. The molecule has 0 aliphatic rings. The molecule has 0 atom stereocenters. The van der Waals surface area contributed by atoms with Crippen LogP contribution in [0.25, 0.3) is 0 Å². The molecule has 0 fully saturated rings. The van der Waals surface area contributed by atoms with E-state index < -0.39 is 0 Å². The van der Waals surface area contributed by atoms with Gasteiger partial charge in [0.15, 0.2) is 0 Å². The number of amides is 1. The fraction of sp³-hybridized carbons (Fsp3) is 0.500. The third-order valence-corrected chi connectivity index (χ3v) is 3.41. The average Bonchev–Trinajstić information content (AvgIpc) is 2.36. The van der Waals surface area contributed by atoms with E-state index in [0.717, 1.165) is 23.9 Å². The van der Waals surface area contributed by atoms with Crippen molar-refractivity contribution in [2.24, 2.45) is 0 Å². The molecular formula is C14H19BrClNO2. The molecule has 1 aromatic carbocycles. The van der Waals surface area contributed by atoms with Crippen LogP contribution >= 0.6 is 27.5 Å². The first kappa shape index (κ1) is 16.5. The molecular weight excluding hydrogens is 330 g/mol. The van der Waals surface area contributed by atoms with Gasteiger partial charge < -0.3 is 10.1 Å². The molecule has 1 aromatic rings. The number of unbranched alkanes of at least 4 members (excludes halogenated alkanes) is 1. The highest BCUT2D eigenvalue weighted by Gasteiger charge is 2.09. The van der Waals surface area contributed by atoms with Crippen molar-refractivity contribution in [3.8, 4) is 0 Å². The number of nitrogens with one attached hydrogen (secondary N) is 1. The van der Waals surface area contributed by atoms with Crippen LogP contribution in [0.3, 0.4) is 0 Å². The molecule has 1 amide bonds. The first-order chi connectivity index (χ1) is 9.00. The van der Waals surface area contributed by atoms with E-state index in [1.165, 1.54) is 0 Å². The van der Waals surface area contributed by atoms with Crippen molar-refractivity contribution in [3.05, 3.63) is 33.3 Å². The van der Waals surface area contributed by atoms with Gasteiger partial charge in [-0.25, -0.2) is 0 Å². The van der Waals surface area contributed by atoms with Crippen LogP contribution in [0.4, 0.5) is 0 Å². The predicted molar refractivity (Wildman–Crippen MR) is 81.8 cm³/mol. The zero-order valence-electron chi connectivity index (χ0n) is 11.2. The Morgan fingerprint density at radius 2 is 2.16 bits per heavy atom. The Morgan fingerprint density at radius 3 is 2.84 bits per heavy atom. The molecule has 3 nitrogen and oxygen atoms in total. The molecule has 0 bridgehead atoms. The molecule has 0 saturated heterocycles. The van der Waals surface area contributed by atoms with Crippen LogP contribution in [-0.2, 0) is 4.74 Å². The van der Waals surface area contributed by atoms with Crippen LogP contribution < -0.4 is 5.32 Å². The van der Waals surface area contributed by atoms with Crippen molar-refractivity contribution in [2.45, 2.75) is 32.8 Å². The third-order valence-electron chi connectivity index (χ3n) is 2.48. The van der Waals surface area contributed by atoms with Gasteiger partial charge in [-0.2, -0.15) is 0 Å². The molecule has 0 unspecified atom stereocenters. The van der Waals surface area contributed by atoms with Crippen molar-refractivity contribution in [1.29, 1.82) is 0 Å². The van der Waals surface area contributed by atoms with Gasteiger partial charge in [0.2, 0.25) is 0 Å². The first-order valence-corrected chi connectivity index (χ1v) is 7.52. The summed E-state index contributed by atoms with van der Waals surface area (Å²) in [5.74, 6) is -0.112. The predicted octanol–water partition coefficient (Wildman–Crippen LogP) is 4.04. The Labute approximate surface area is 127 Å². The van der Waals surface area contributed by atoms with Gasteiger partial charge in [0.1, 0.15) is 0 Å². The number of rotatable bonds is 7. The van der Waals surface area contributed by atoms with Gasteiger partial charge in [-0.05, 0) is 60.8 Å². The summed E-state index contributed by atoms with van der Waals surface area (Å²) in [4.78, 5) is 11.9. The van der Waals surface area contributed by atoms with E-state index in [0.29, 0.717) is 17.1 Å². The minimum atomic E-state index is -0.112. The Morgan fingerprint density at radius 1 is 1.42 bits per heavy atom. The molecule has 1 rings (SSSR count). The smallest absolute Gasteiger partial charge is 0.252 e. The maximum atomic E-state index is 11.9. The number of hydrogen-bond donors (Lipinski definition) is 1. The number of carbonyl (C=O) groups is 1. The van der Waals surface area contributed by atoms with E-state index in [-0.39, 0.29) is 12.0 Å². The van der Waals surface area contributed by atoms with Gasteiger partial charge in [-0.15, -0.1) is 0 Å². The maximum absolute atomic E-state index is 11.9. The largest absolute Gasteiger partial charge is 0.379 e. The van der Waals surface area contributed by atoms with E-state index in [2.05, 4.69) is 21.2 Å². The summed E-state index contributed by atoms with van der Waals surface area (Å²) < 4.78 is 6.18. The van der Waals surface area contributed by atoms with Gasteiger partial charge in [0.05, 0.1) is 11.7 Å². The molecule has 0 aliphatic heterocycles. The van der Waals surface area contributed by atoms with Crippen LogP contribution in [0.1, 0.15) is 37.0 Å². The summed E-state index contributed by atoms with van der Waals surface area (Å²) in [5, 5.41) is 3.43. The summed E-state index contributed by atoms with van der Waals surface area (Å²) >= 11 is 9.22. The standard InChI is InChI=1S/C14H19BrClNO2/c1-10(2)19-8-4-3-7-17-14(18)12-9-11(16)5-6-13(12)15/h5-6,9-10H,3-4,7-8H2,1-2H3,(H,17,18). The van der Waals surface area contributed by atoms with Gasteiger partial charge in [0.25, 0.3) is 5.91 Å². The minimum Gasteiger partial charge on any atom is -0.379 e. The van der Waals surface area contributed by atoms with Crippen molar-refractivity contribution in [3.63, 3.8) is 0 Å². The van der Waals surface area contributed by atoms with Crippen molar-refractivity contribution < 1.29 is 9.53 Å². The van der Waals surface area contributed by atoms with E-state index in [4.69, 9.17) is 16.3 Å². The summed E-state index contributed by atoms with van der Waals surface area (Å²) in [6.07, 6.45) is 2.10. The number of ether oxygens (including phenoxy) is 1. The third kappa shape index (κ3) is 6.41. The molecule has 0 spiro atoms. The molecule has 0 saturated carbocycles. The van der Waals surface area contributed by atoms with Gasteiger partial charge >= 0.3 is 0 Å². The lowest BCUT2D eigenvalue weighted by Gasteiger charge is -2.09. The molecule has 19 heavy (non-hydrogen) atoms. The zero-order valence-corrected chi connectivity index (χ0v) is 13.6. The van der Waals surface area contributed by atoms with Crippen LogP contribution in [-0.4, -0.2) is 25.2 Å². The molecule has 106 valence electrons. The summed E-state index contributed by atoms with van der Waals surface area (Å²) in [6.45, 7) is 5.39. The Bertz CT molecular complexity index is 424. The van der Waals surface area contributed by atoms with Crippen molar-refractivity contribution in [2.75, 3.05) is 13.2 Å². The normalized spacial score (nSPS) is 10.8. The maximum Gasteiger partial charge on any atom is 0.252 e. The topological polar surface area (TPSA) is 38.3 Å². The number of carbonyl (C=O) groups excluding carboxylic acids is 1. The van der Waals surface area contributed by atoms with Crippen LogP contribution in [0.2, 0.25) is 5.02 Å². The molecule has 0 radical (unpaired) electrons. The van der Waals surface area contributed by atoms with E-state index in [1.807, 2.05) is 13.8 Å². The second-order valence-electron chi connectivity index (χ2n) is 4.51. The first-order valence-electron chi connectivity index (χ1n) is 6.35. The lowest BCUT2D eigenvalue weighted by atomic mass is 10.2. The highest BCUT2D eigenvalue weighted by molar-refractivity contribution is 9.10. The van der Waals surface area contributed by atoms with Crippen LogP contribution in [0, 0.1) is 0 Å². The number of hydrogen-bond acceptors (Lipinski definition) is 2. The summed E-state index contributed by atoms with van der Waals surface area (Å²) in [6, 6.07) is 5.17. The van der Waals surface area contributed by atoms with E-state index >= 15 is 0 Å². The molecule has 0 aliphatic carbocycles. The fourth-order valence-electron chi connectivity index (χ4n) is 1.51. The van der Waals surface area contributed by atoms with Crippen LogP contribution in [0.15, 0.2) is 22.7 Å². The second kappa shape index (κ2) is 8.56. The fourth-order valence-corrected chi connectivity index (χ4v) is 2.11. The SMILES string of the molecule is CC(C)OCCCCNC(=O)c1cc(Cl)ccc1Br. The van der Waals surface area contributed by atoms with Crippen molar-refractivity contribution in [1.82, 2.24) is 5.32 Å². The van der Waals surface area contributed by atoms with Gasteiger partial charge in [-0.3, -0.25) is 4.79 Å². The Balaban J connectivity index is 2.29. The highest BCUT2D eigenvalue weighted by atomic mass is 79.9. The van der Waals surface area contributed by atoms with E-state index in [1.54, 1.807) is 18.2 Å². The van der Waals surface area contributed by atoms with E-state index in [9.17, 15) is 4.79 Å². The summed E-state index contributed by atoms with van der Waals surface area (Å²) in [5.41, 5.74) is 0.561. The molecule has 1 N–H and O–H groups in total.